The second kappa shape index (κ2) is 6.02. The summed E-state index contributed by atoms with van der Waals surface area (Å²) in [5, 5.41) is 13.0. The SMILES string of the molecule is C[C@H](NC(=O)N(C)Cc1csc(Br)c1)C(=O)O. The Morgan fingerprint density at radius 2 is 2.29 bits per heavy atom. The molecule has 0 aliphatic heterocycles. The lowest BCUT2D eigenvalue weighted by Crippen LogP contribution is -2.44. The second-order valence-corrected chi connectivity index (χ2v) is 5.92. The maximum Gasteiger partial charge on any atom is 0.325 e. The number of rotatable bonds is 4. The first-order valence-corrected chi connectivity index (χ1v) is 6.54. The molecule has 0 aliphatic rings. The van der Waals surface area contributed by atoms with Crippen LogP contribution in [0.2, 0.25) is 0 Å². The lowest BCUT2D eigenvalue weighted by Gasteiger charge is -2.19. The number of carboxylic acid groups (broad SMARTS) is 1. The number of nitrogens with zero attached hydrogens (tertiary/aromatic N) is 1. The molecule has 2 N–H and O–H groups in total. The van der Waals surface area contributed by atoms with Gasteiger partial charge in [0.15, 0.2) is 0 Å². The Labute approximate surface area is 112 Å². The van der Waals surface area contributed by atoms with E-state index >= 15 is 0 Å². The van der Waals surface area contributed by atoms with Crippen molar-refractivity contribution >= 4 is 39.3 Å². The van der Waals surface area contributed by atoms with Gasteiger partial charge in [-0.25, -0.2) is 4.79 Å². The van der Waals surface area contributed by atoms with E-state index in [1.54, 1.807) is 18.4 Å². The fourth-order valence-electron chi connectivity index (χ4n) is 1.13. The molecule has 0 saturated heterocycles. The standard InChI is InChI=1S/C10H13BrN2O3S/c1-6(9(14)15)12-10(16)13(2)4-7-3-8(11)17-5-7/h3,5-6H,4H2,1-2H3,(H,12,16)(H,14,15)/t6-/m0/s1. The molecular formula is C10H13BrN2O3S. The van der Waals surface area contributed by atoms with Crippen LogP contribution in [0.3, 0.4) is 0 Å². The minimum Gasteiger partial charge on any atom is -0.480 e. The second-order valence-electron chi connectivity index (χ2n) is 3.62. The maximum absolute atomic E-state index is 11.6. The van der Waals surface area contributed by atoms with E-state index in [4.69, 9.17) is 5.11 Å². The molecule has 7 heteroatoms. The lowest BCUT2D eigenvalue weighted by atomic mass is 10.3. The van der Waals surface area contributed by atoms with Crippen molar-refractivity contribution in [2.45, 2.75) is 19.5 Å². The van der Waals surface area contributed by atoms with E-state index in [0.717, 1.165) is 9.35 Å². The number of nitrogens with one attached hydrogen (secondary N) is 1. The summed E-state index contributed by atoms with van der Waals surface area (Å²) >= 11 is 4.88. The number of aliphatic carboxylic acids is 1. The molecule has 1 heterocycles. The van der Waals surface area contributed by atoms with Crippen LogP contribution in [0.25, 0.3) is 0 Å². The topological polar surface area (TPSA) is 69.6 Å². The number of amides is 2. The van der Waals surface area contributed by atoms with Crippen molar-refractivity contribution in [2.24, 2.45) is 0 Å². The van der Waals surface area contributed by atoms with Gasteiger partial charge in [0.25, 0.3) is 0 Å². The fourth-order valence-corrected chi connectivity index (χ4v) is 2.33. The monoisotopic (exact) mass is 320 g/mol. The van der Waals surface area contributed by atoms with Gasteiger partial charge in [0.1, 0.15) is 6.04 Å². The quantitative estimate of drug-likeness (QED) is 0.892. The van der Waals surface area contributed by atoms with Crippen molar-refractivity contribution in [3.05, 3.63) is 20.8 Å². The molecule has 17 heavy (non-hydrogen) atoms. The number of thiophene rings is 1. The summed E-state index contributed by atoms with van der Waals surface area (Å²) in [5.74, 6) is -1.05. The minimum atomic E-state index is -1.05. The molecular weight excluding hydrogens is 308 g/mol. The highest BCUT2D eigenvalue weighted by Crippen LogP contribution is 2.21. The zero-order valence-corrected chi connectivity index (χ0v) is 11.8. The van der Waals surface area contributed by atoms with Gasteiger partial charge in [-0.05, 0) is 39.9 Å². The molecule has 1 rings (SSSR count). The Bertz CT molecular complexity index is 421. The molecule has 0 saturated carbocycles. The van der Waals surface area contributed by atoms with Gasteiger partial charge in [0.2, 0.25) is 0 Å². The van der Waals surface area contributed by atoms with Gasteiger partial charge in [0.05, 0.1) is 3.79 Å². The molecule has 0 unspecified atom stereocenters. The van der Waals surface area contributed by atoms with Crippen LogP contribution in [0.5, 0.6) is 0 Å². The highest BCUT2D eigenvalue weighted by molar-refractivity contribution is 9.11. The largest absolute Gasteiger partial charge is 0.480 e. The number of carbonyl (C=O) groups excluding carboxylic acids is 1. The van der Waals surface area contributed by atoms with Crippen molar-refractivity contribution in [3.63, 3.8) is 0 Å². The predicted octanol–water partition coefficient (Wildman–Crippen LogP) is 2.13. The summed E-state index contributed by atoms with van der Waals surface area (Å²) in [6.45, 7) is 1.87. The summed E-state index contributed by atoms with van der Waals surface area (Å²) in [7, 11) is 1.62. The molecule has 2 amide bonds. The Morgan fingerprint density at radius 3 is 2.76 bits per heavy atom. The predicted molar refractivity (Wildman–Crippen MR) is 69.1 cm³/mol. The number of carbonyl (C=O) groups is 2. The Balaban J connectivity index is 2.50. The number of carboxylic acids is 1. The van der Waals surface area contributed by atoms with Crippen molar-refractivity contribution in [3.8, 4) is 0 Å². The molecule has 0 fully saturated rings. The molecule has 5 nitrogen and oxygen atoms in total. The fraction of sp³-hybridized carbons (Fsp3) is 0.400. The Morgan fingerprint density at radius 1 is 1.65 bits per heavy atom. The van der Waals surface area contributed by atoms with Crippen LogP contribution in [-0.2, 0) is 11.3 Å². The highest BCUT2D eigenvalue weighted by atomic mass is 79.9. The first kappa shape index (κ1) is 14.0. The van der Waals surface area contributed by atoms with Crippen LogP contribution < -0.4 is 5.32 Å². The third-order valence-corrected chi connectivity index (χ3v) is 3.65. The summed E-state index contributed by atoms with van der Waals surface area (Å²) in [4.78, 5) is 23.6. The molecule has 1 atom stereocenters. The smallest absolute Gasteiger partial charge is 0.325 e. The number of hydrogen-bond donors (Lipinski definition) is 2. The molecule has 0 aliphatic carbocycles. The molecule has 0 spiro atoms. The van der Waals surface area contributed by atoms with Crippen LogP contribution >= 0.6 is 27.3 Å². The molecule has 1 aromatic rings. The van der Waals surface area contributed by atoms with Gasteiger partial charge in [-0.1, -0.05) is 0 Å². The van der Waals surface area contributed by atoms with E-state index in [0.29, 0.717) is 6.54 Å². The van der Waals surface area contributed by atoms with Crippen LogP contribution in [0.4, 0.5) is 4.79 Å². The van der Waals surface area contributed by atoms with Crippen molar-refractivity contribution < 1.29 is 14.7 Å². The Kier molecular flexibility index (Phi) is 4.95. The van der Waals surface area contributed by atoms with Crippen molar-refractivity contribution in [1.82, 2.24) is 10.2 Å². The van der Waals surface area contributed by atoms with Crippen molar-refractivity contribution in [1.29, 1.82) is 0 Å². The van der Waals surface area contributed by atoms with E-state index in [-0.39, 0.29) is 0 Å². The third-order valence-electron chi connectivity index (χ3n) is 2.10. The summed E-state index contributed by atoms with van der Waals surface area (Å²) in [5.41, 5.74) is 1.00. The minimum absolute atomic E-state index is 0.401. The maximum atomic E-state index is 11.6. The van der Waals surface area contributed by atoms with Crippen molar-refractivity contribution in [2.75, 3.05) is 7.05 Å². The van der Waals surface area contributed by atoms with E-state index in [1.165, 1.54) is 11.8 Å². The third kappa shape index (κ3) is 4.35. The summed E-state index contributed by atoms with van der Waals surface area (Å²) < 4.78 is 1.00. The molecule has 0 radical (unpaired) electrons. The van der Waals surface area contributed by atoms with Crippen LogP contribution in [-0.4, -0.2) is 35.1 Å². The normalized spacial score (nSPS) is 11.9. The number of urea groups is 1. The number of hydrogen-bond acceptors (Lipinski definition) is 3. The zero-order chi connectivity index (χ0) is 13.0. The van der Waals surface area contributed by atoms with Crippen LogP contribution in [0.15, 0.2) is 15.2 Å². The molecule has 0 aromatic carbocycles. The summed E-state index contributed by atoms with van der Waals surface area (Å²) in [6, 6.07) is 0.635. The van der Waals surface area contributed by atoms with Gasteiger partial charge in [-0.15, -0.1) is 11.3 Å². The molecule has 0 bridgehead atoms. The highest BCUT2D eigenvalue weighted by Gasteiger charge is 2.17. The van der Waals surface area contributed by atoms with E-state index in [9.17, 15) is 9.59 Å². The zero-order valence-electron chi connectivity index (χ0n) is 9.44. The molecule has 94 valence electrons. The summed E-state index contributed by atoms with van der Waals surface area (Å²) in [6.07, 6.45) is 0. The van der Waals surface area contributed by atoms with E-state index < -0.39 is 18.0 Å². The number of halogens is 1. The van der Waals surface area contributed by atoms with Crippen LogP contribution in [0, 0.1) is 0 Å². The lowest BCUT2D eigenvalue weighted by molar-refractivity contribution is -0.138. The average molecular weight is 321 g/mol. The van der Waals surface area contributed by atoms with E-state index in [1.807, 2.05) is 11.4 Å². The Hall–Kier alpha value is -1.08. The van der Waals surface area contributed by atoms with E-state index in [2.05, 4.69) is 21.2 Å². The first-order valence-electron chi connectivity index (χ1n) is 4.87. The van der Waals surface area contributed by atoms with Gasteiger partial charge >= 0.3 is 12.0 Å². The van der Waals surface area contributed by atoms with Crippen LogP contribution in [0.1, 0.15) is 12.5 Å². The van der Waals surface area contributed by atoms with Gasteiger partial charge in [0, 0.05) is 13.6 Å². The van der Waals surface area contributed by atoms with Gasteiger partial charge in [-0.3, -0.25) is 4.79 Å². The average Bonchev–Trinajstić information content (AvgIpc) is 2.63. The molecule has 1 aromatic heterocycles. The first-order chi connectivity index (χ1) is 7.90. The van der Waals surface area contributed by atoms with Gasteiger partial charge < -0.3 is 15.3 Å². The van der Waals surface area contributed by atoms with Gasteiger partial charge in [-0.2, -0.15) is 0 Å².